The standard InChI is InChI=1S/C13H10ClN2.Li/c14-12-3-1-2-11(9-12)13(15)8-10-4-6-16-7-5-10;/h1-7,9H,8H2;/q-1;+1. The summed E-state index contributed by atoms with van der Waals surface area (Å²) in [7, 11) is 0. The molecular weight excluding hydrogens is 227 g/mol. The maximum absolute atomic E-state index is 9.94. The largest absolute Gasteiger partial charge is 1.00 e. The molecule has 0 spiro atoms. The van der Waals surface area contributed by atoms with Gasteiger partial charge in [-0.05, 0) is 41.8 Å². The second-order valence-electron chi connectivity index (χ2n) is 3.49. The first-order valence-electron chi connectivity index (χ1n) is 4.95. The Morgan fingerprint density at radius 2 is 1.88 bits per heavy atom. The van der Waals surface area contributed by atoms with E-state index in [9.17, 15) is 5.41 Å². The van der Waals surface area contributed by atoms with Crippen molar-refractivity contribution in [3.63, 3.8) is 0 Å². The van der Waals surface area contributed by atoms with Gasteiger partial charge in [0.25, 0.3) is 0 Å². The first-order valence-corrected chi connectivity index (χ1v) is 5.33. The molecule has 0 fully saturated rings. The first kappa shape index (κ1) is 14.0. The van der Waals surface area contributed by atoms with Crippen molar-refractivity contribution in [1.82, 2.24) is 4.98 Å². The molecule has 0 aliphatic carbocycles. The number of hydrogen-bond donors (Lipinski definition) is 0. The van der Waals surface area contributed by atoms with Gasteiger partial charge in [0.15, 0.2) is 0 Å². The van der Waals surface area contributed by atoms with Gasteiger partial charge in [0.05, 0.1) is 0 Å². The van der Waals surface area contributed by atoms with Gasteiger partial charge in [-0.2, -0.15) is 5.71 Å². The van der Waals surface area contributed by atoms with E-state index in [0.717, 1.165) is 11.1 Å². The zero-order chi connectivity index (χ0) is 11.4. The van der Waals surface area contributed by atoms with Crippen molar-refractivity contribution in [2.75, 3.05) is 0 Å². The number of nitrogens with zero attached hydrogens (tertiary/aromatic N) is 2. The predicted octanol–water partition coefficient (Wildman–Crippen LogP) is 0.340. The summed E-state index contributed by atoms with van der Waals surface area (Å²) in [5.41, 5.74) is 2.09. The molecule has 0 N–H and O–H groups in total. The molecule has 1 aromatic heterocycles. The summed E-state index contributed by atoms with van der Waals surface area (Å²) in [6.45, 7) is 0. The maximum Gasteiger partial charge on any atom is 1.00 e. The molecule has 2 aromatic rings. The summed E-state index contributed by atoms with van der Waals surface area (Å²) in [4.78, 5) is 3.93. The Bertz CT molecular complexity index is 500. The third-order valence-electron chi connectivity index (χ3n) is 2.28. The molecule has 1 aromatic carbocycles. The zero-order valence-corrected chi connectivity index (χ0v) is 10.4. The molecule has 1 heterocycles. The van der Waals surface area contributed by atoms with Crippen molar-refractivity contribution >= 4 is 17.3 Å². The number of halogens is 1. The summed E-state index contributed by atoms with van der Waals surface area (Å²) in [5.74, 6) is 0. The summed E-state index contributed by atoms with van der Waals surface area (Å²) >= 11 is 5.86. The minimum absolute atomic E-state index is 0. The van der Waals surface area contributed by atoms with E-state index in [1.165, 1.54) is 0 Å². The van der Waals surface area contributed by atoms with Crippen LogP contribution in [0.3, 0.4) is 0 Å². The summed E-state index contributed by atoms with van der Waals surface area (Å²) in [6.07, 6.45) is 3.91. The number of hydrogen-bond acceptors (Lipinski definition) is 1. The van der Waals surface area contributed by atoms with Crippen LogP contribution in [0.5, 0.6) is 0 Å². The molecule has 2 nitrogen and oxygen atoms in total. The van der Waals surface area contributed by atoms with Crippen molar-refractivity contribution in [2.24, 2.45) is 0 Å². The Balaban J connectivity index is 0.00000144. The number of aromatic nitrogens is 1. The van der Waals surface area contributed by atoms with E-state index in [2.05, 4.69) is 4.98 Å². The van der Waals surface area contributed by atoms with Crippen LogP contribution in [-0.2, 0) is 6.42 Å². The van der Waals surface area contributed by atoms with Gasteiger partial charge in [-0.15, -0.1) is 0 Å². The maximum atomic E-state index is 9.94. The number of benzene rings is 1. The smallest absolute Gasteiger partial charge is 0.807 e. The van der Waals surface area contributed by atoms with Gasteiger partial charge in [0.1, 0.15) is 0 Å². The molecule has 0 radical (unpaired) electrons. The molecule has 17 heavy (non-hydrogen) atoms. The molecule has 2 rings (SSSR count). The molecule has 0 aliphatic heterocycles. The Kier molecular flexibility index (Phi) is 5.44. The Labute approximate surface area is 118 Å². The third-order valence-corrected chi connectivity index (χ3v) is 2.51. The topological polar surface area (TPSA) is 35.2 Å². The van der Waals surface area contributed by atoms with E-state index in [1.54, 1.807) is 24.5 Å². The fourth-order valence-corrected chi connectivity index (χ4v) is 1.65. The van der Waals surface area contributed by atoms with Crippen molar-refractivity contribution < 1.29 is 18.9 Å². The quantitative estimate of drug-likeness (QED) is 0.559. The van der Waals surface area contributed by atoms with Gasteiger partial charge < -0.3 is 5.41 Å². The molecular formula is C13H10ClLiN2. The molecule has 4 heteroatoms. The van der Waals surface area contributed by atoms with Crippen LogP contribution >= 0.6 is 11.6 Å². The van der Waals surface area contributed by atoms with E-state index in [1.807, 2.05) is 24.3 Å². The van der Waals surface area contributed by atoms with Crippen molar-refractivity contribution in [3.8, 4) is 0 Å². The molecule has 80 valence electrons. The van der Waals surface area contributed by atoms with Crippen molar-refractivity contribution in [2.45, 2.75) is 6.42 Å². The van der Waals surface area contributed by atoms with E-state index in [-0.39, 0.29) is 18.9 Å². The molecule has 0 unspecified atom stereocenters. The van der Waals surface area contributed by atoms with Gasteiger partial charge in [-0.1, -0.05) is 23.7 Å². The monoisotopic (exact) mass is 236 g/mol. The number of rotatable bonds is 3. The van der Waals surface area contributed by atoms with E-state index in [4.69, 9.17) is 11.6 Å². The minimum atomic E-state index is 0. The van der Waals surface area contributed by atoms with Crippen LogP contribution in [0, 0.1) is 0 Å². The minimum Gasteiger partial charge on any atom is -0.807 e. The van der Waals surface area contributed by atoms with Crippen LogP contribution in [0.15, 0.2) is 48.8 Å². The molecule has 0 aliphatic rings. The molecule has 0 atom stereocenters. The van der Waals surface area contributed by atoms with Gasteiger partial charge in [0.2, 0.25) is 0 Å². The van der Waals surface area contributed by atoms with E-state index >= 15 is 0 Å². The third kappa shape index (κ3) is 4.01. The van der Waals surface area contributed by atoms with E-state index in [0.29, 0.717) is 17.2 Å². The summed E-state index contributed by atoms with van der Waals surface area (Å²) in [5, 5.41) is 10.6. The van der Waals surface area contributed by atoms with Crippen LogP contribution in [-0.4, -0.2) is 10.7 Å². The Hall–Kier alpha value is -1.07. The fourth-order valence-electron chi connectivity index (χ4n) is 1.46. The normalized spacial score (nSPS) is 9.47. The van der Waals surface area contributed by atoms with Crippen LogP contribution in [0.4, 0.5) is 0 Å². The SMILES string of the molecule is [Li+].[N-]=C(Cc1ccncc1)c1cccc(Cl)c1. The van der Waals surface area contributed by atoms with Crippen LogP contribution < -0.4 is 18.9 Å². The second-order valence-corrected chi connectivity index (χ2v) is 3.93. The van der Waals surface area contributed by atoms with Crippen LogP contribution in [0.1, 0.15) is 11.1 Å². The average molecular weight is 237 g/mol. The molecule has 0 amide bonds. The van der Waals surface area contributed by atoms with Gasteiger partial charge >= 0.3 is 18.9 Å². The molecule has 0 saturated heterocycles. The first-order chi connectivity index (χ1) is 7.75. The average Bonchev–Trinajstić information content (AvgIpc) is 2.30. The van der Waals surface area contributed by atoms with Gasteiger partial charge in [0, 0.05) is 17.4 Å². The Morgan fingerprint density at radius 3 is 2.53 bits per heavy atom. The second kappa shape index (κ2) is 6.61. The molecule has 0 saturated carbocycles. The van der Waals surface area contributed by atoms with Crippen LogP contribution in [0.2, 0.25) is 5.02 Å². The van der Waals surface area contributed by atoms with Crippen molar-refractivity contribution in [3.05, 3.63) is 70.4 Å². The fraction of sp³-hybridized carbons (Fsp3) is 0.0769. The molecule has 0 bridgehead atoms. The van der Waals surface area contributed by atoms with Gasteiger partial charge in [-0.25, -0.2) is 0 Å². The summed E-state index contributed by atoms with van der Waals surface area (Å²) in [6, 6.07) is 10.9. The zero-order valence-electron chi connectivity index (χ0n) is 9.60. The van der Waals surface area contributed by atoms with E-state index < -0.39 is 0 Å². The van der Waals surface area contributed by atoms with Crippen molar-refractivity contribution in [1.29, 1.82) is 0 Å². The summed E-state index contributed by atoms with van der Waals surface area (Å²) < 4.78 is 0. The van der Waals surface area contributed by atoms with Crippen LogP contribution in [0.25, 0.3) is 5.41 Å². The number of pyridine rings is 1. The Morgan fingerprint density at radius 1 is 1.18 bits per heavy atom. The van der Waals surface area contributed by atoms with Gasteiger partial charge in [-0.3, -0.25) is 4.98 Å². The predicted molar refractivity (Wildman–Crippen MR) is 66.9 cm³/mol.